The Hall–Kier alpha value is -2.02. The molecule has 1 aromatic carbocycles. The molecule has 0 radical (unpaired) electrons. The fourth-order valence-electron chi connectivity index (χ4n) is 0.903. The highest BCUT2D eigenvalue weighted by Crippen LogP contribution is 2.10. The summed E-state index contributed by atoms with van der Waals surface area (Å²) < 4.78 is 0. The average Bonchev–Trinajstić information content (AvgIpc) is 2.29. The van der Waals surface area contributed by atoms with E-state index in [1.807, 2.05) is 0 Å². The summed E-state index contributed by atoms with van der Waals surface area (Å²) in [5, 5.41) is 17.3. The molecule has 0 unspecified atom stereocenters. The molecule has 84 valence electrons. The monoisotopic (exact) mass is 238 g/mol. The van der Waals surface area contributed by atoms with Crippen LogP contribution in [0.25, 0.3) is 0 Å². The van der Waals surface area contributed by atoms with Crippen molar-refractivity contribution in [2.45, 2.75) is 0 Å². The molecule has 6 nitrogen and oxygen atoms in total. The van der Waals surface area contributed by atoms with Gasteiger partial charge < -0.3 is 5.32 Å². The Balaban J connectivity index is 2.61. The maximum atomic E-state index is 10.4. The van der Waals surface area contributed by atoms with E-state index in [-0.39, 0.29) is 5.69 Å². The molecular weight excluding hydrogens is 228 g/mol. The van der Waals surface area contributed by atoms with Crippen LogP contribution >= 0.6 is 12.2 Å². The van der Waals surface area contributed by atoms with Gasteiger partial charge in [0.05, 0.1) is 11.1 Å². The molecule has 0 heterocycles. The van der Waals surface area contributed by atoms with Crippen LogP contribution in [0.1, 0.15) is 5.56 Å². The maximum Gasteiger partial charge on any atom is 0.269 e. The third kappa shape index (κ3) is 3.62. The summed E-state index contributed by atoms with van der Waals surface area (Å²) in [4.78, 5) is 9.94. The average molecular weight is 238 g/mol. The minimum Gasteiger partial charge on any atom is -0.364 e. The molecule has 7 heteroatoms. The summed E-state index contributed by atoms with van der Waals surface area (Å²) in [5.41, 5.74) is 3.37. The zero-order valence-corrected chi connectivity index (χ0v) is 9.32. The van der Waals surface area contributed by atoms with Crippen LogP contribution in [0.5, 0.6) is 0 Å². The Morgan fingerprint density at radius 2 is 2.12 bits per heavy atom. The maximum absolute atomic E-state index is 10.4. The smallest absolute Gasteiger partial charge is 0.269 e. The predicted molar refractivity (Wildman–Crippen MR) is 65.5 cm³/mol. The van der Waals surface area contributed by atoms with E-state index >= 15 is 0 Å². The highest BCUT2D eigenvalue weighted by Gasteiger charge is 2.02. The Bertz CT molecular complexity index is 416. The van der Waals surface area contributed by atoms with E-state index in [4.69, 9.17) is 12.2 Å². The molecule has 2 N–H and O–H groups in total. The number of nitrogens with zero attached hydrogens (tertiary/aromatic N) is 2. The molecule has 16 heavy (non-hydrogen) atoms. The summed E-state index contributed by atoms with van der Waals surface area (Å²) in [6.07, 6.45) is 1.52. The number of nitrogens with one attached hydrogen (secondary N) is 2. The summed E-state index contributed by atoms with van der Waals surface area (Å²) >= 11 is 4.80. The van der Waals surface area contributed by atoms with Gasteiger partial charge in [0.2, 0.25) is 0 Å². The molecule has 0 bridgehead atoms. The molecule has 0 aliphatic rings. The number of hydrogen-bond donors (Lipinski definition) is 2. The Morgan fingerprint density at radius 3 is 2.62 bits per heavy atom. The molecule has 0 aromatic heterocycles. The quantitative estimate of drug-likeness (QED) is 0.356. The lowest BCUT2D eigenvalue weighted by Crippen LogP contribution is -2.28. The second-order valence-electron chi connectivity index (χ2n) is 2.80. The number of benzene rings is 1. The van der Waals surface area contributed by atoms with Gasteiger partial charge in [0.25, 0.3) is 5.69 Å². The second-order valence-corrected chi connectivity index (χ2v) is 3.21. The highest BCUT2D eigenvalue weighted by atomic mass is 32.1. The Morgan fingerprint density at radius 1 is 1.50 bits per heavy atom. The first-order chi connectivity index (χ1) is 7.63. The van der Waals surface area contributed by atoms with Gasteiger partial charge in [-0.25, -0.2) is 0 Å². The number of non-ortho nitro benzene ring substituents is 1. The van der Waals surface area contributed by atoms with E-state index in [2.05, 4.69) is 15.8 Å². The van der Waals surface area contributed by atoms with Gasteiger partial charge in [-0.2, -0.15) is 5.10 Å². The van der Waals surface area contributed by atoms with Crippen LogP contribution in [-0.4, -0.2) is 23.3 Å². The first kappa shape index (κ1) is 12.1. The summed E-state index contributed by atoms with van der Waals surface area (Å²) in [7, 11) is 1.68. The topological polar surface area (TPSA) is 79.6 Å². The lowest BCUT2D eigenvalue weighted by atomic mass is 10.2. The van der Waals surface area contributed by atoms with Crippen LogP contribution in [-0.2, 0) is 0 Å². The third-order valence-corrected chi connectivity index (χ3v) is 2.01. The SMILES string of the molecule is CNC(=S)N/N=C\c1ccc([N+](=O)[O-])cc1. The van der Waals surface area contributed by atoms with Crippen molar-refractivity contribution in [1.82, 2.24) is 10.7 Å². The first-order valence-corrected chi connectivity index (χ1v) is 4.79. The first-order valence-electron chi connectivity index (χ1n) is 4.38. The van der Waals surface area contributed by atoms with E-state index in [9.17, 15) is 10.1 Å². The normalized spacial score (nSPS) is 10.1. The molecule has 0 amide bonds. The van der Waals surface area contributed by atoms with Crippen molar-refractivity contribution in [3.63, 3.8) is 0 Å². The highest BCUT2D eigenvalue weighted by molar-refractivity contribution is 7.80. The van der Waals surface area contributed by atoms with Gasteiger partial charge in [-0.1, -0.05) is 0 Å². The number of nitro benzene ring substituents is 1. The molecule has 0 saturated heterocycles. The minimum absolute atomic E-state index is 0.0517. The fraction of sp³-hybridized carbons (Fsp3) is 0.111. The van der Waals surface area contributed by atoms with E-state index in [0.29, 0.717) is 5.11 Å². The fourth-order valence-corrected chi connectivity index (χ4v) is 0.956. The van der Waals surface area contributed by atoms with E-state index in [0.717, 1.165) is 5.56 Å². The summed E-state index contributed by atoms with van der Waals surface area (Å²) in [5.74, 6) is 0. The number of hydrogen-bond acceptors (Lipinski definition) is 4. The van der Waals surface area contributed by atoms with Crippen LogP contribution < -0.4 is 10.7 Å². The Labute approximate surface area is 97.5 Å². The van der Waals surface area contributed by atoms with Gasteiger partial charge >= 0.3 is 0 Å². The zero-order valence-electron chi connectivity index (χ0n) is 8.51. The molecule has 0 spiro atoms. The van der Waals surface area contributed by atoms with Gasteiger partial charge in [-0.15, -0.1) is 0 Å². The van der Waals surface area contributed by atoms with Crippen molar-refractivity contribution in [2.24, 2.45) is 5.10 Å². The van der Waals surface area contributed by atoms with Crippen LogP contribution in [0.2, 0.25) is 0 Å². The van der Waals surface area contributed by atoms with Crippen LogP contribution in [0.4, 0.5) is 5.69 Å². The summed E-state index contributed by atoms with van der Waals surface area (Å²) in [6.45, 7) is 0. The van der Waals surface area contributed by atoms with Crippen molar-refractivity contribution in [2.75, 3.05) is 7.05 Å². The van der Waals surface area contributed by atoms with E-state index in [1.165, 1.54) is 18.3 Å². The summed E-state index contributed by atoms with van der Waals surface area (Å²) in [6, 6.07) is 6.03. The lowest BCUT2D eigenvalue weighted by Gasteiger charge is -1.99. The minimum atomic E-state index is -0.449. The van der Waals surface area contributed by atoms with E-state index < -0.39 is 4.92 Å². The number of rotatable bonds is 3. The zero-order chi connectivity index (χ0) is 12.0. The largest absolute Gasteiger partial charge is 0.364 e. The molecule has 0 saturated carbocycles. The molecule has 1 aromatic rings. The van der Waals surface area contributed by atoms with Crippen molar-refractivity contribution < 1.29 is 4.92 Å². The van der Waals surface area contributed by atoms with Crippen LogP contribution in [0.15, 0.2) is 29.4 Å². The van der Waals surface area contributed by atoms with Crippen LogP contribution in [0, 0.1) is 10.1 Å². The number of thiocarbonyl (C=S) groups is 1. The number of hydrazone groups is 1. The van der Waals surface area contributed by atoms with Gasteiger partial charge in [-0.05, 0) is 29.9 Å². The van der Waals surface area contributed by atoms with E-state index in [1.54, 1.807) is 19.2 Å². The van der Waals surface area contributed by atoms with Gasteiger partial charge in [-0.3, -0.25) is 15.5 Å². The van der Waals surface area contributed by atoms with Crippen molar-refractivity contribution in [3.05, 3.63) is 39.9 Å². The second kappa shape index (κ2) is 5.76. The molecule has 1 rings (SSSR count). The van der Waals surface area contributed by atoms with Crippen LogP contribution in [0.3, 0.4) is 0 Å². The third-order valence-electron chi connectivity index (χ3n) is 1.71. The number of nitro groups is 1. The van der Waals surface area contributed by atoms with Crippen molar-refractivity contribution in [1.29, 1.82) is 0 Å². The predicted octanol–water partition coefficient (Wildman–Crippen LogP) is 1.02. The van der Waals surface area contributed by atoms with Gasteiger partial charge in [0, 0.05) is 19.2 Å². The van der Waals surface area contributed by atoms with Crippen molar-refractivity contribution >= 4 is 29.2 Å². The molecule has 0 atom stereocenters. The Kier molecular flexibility index (Phi) is 4.34. The lowest BCUT2D eigenvalue weighted by molar-refractivity contribution is -0.384. The van der Waals surface area contributed by atoms with Gasteiger partial charge in [0.1, 0.15) is 0 Å². The molecular formula is C9H10N4O2S. The standard InChI is InChI=1S/C9H10N4O2S/c1-10-9(16)12-11-6-7-2-4-8(5-3-7)13(14)15/h2-6H,1H3,(H2,10,12,16)/b11-6-. The molecule has 0 aliphatic carbocycles. The van der Waals surface area contributed by atoms with Gasteiger partial charge in [0.15, 0.2) is 5.11 Å². The molecule has 0 fully saturated rings. The van der Waals surface area contributed by atoms with Crippen molar-refractivity contribution in [3.8, 4) is 0 Å². The molecule has 0 aliphatic heterocycles.